The van der Waals surface area contributed by atoms with Crippen molar-refractivity contribution >= 4 is 46.6 Å². The second-order valence-corrected chi connectivity index (χ2v) is 14.0. The van der Waals surface area contributed by atoms with Gasteiger partial charge in [0.1, 0.15) is 5.60 Å². The van der Waals surface area contributed by atoms with Crippen molar-refractivity contribution < 1.29 is 14.3 Å². The van der Waals surface area contributed by atoms with E-state index in [-0.39, 0.29) is 18.2 Å². The van der Waals surface area contributed by atoms with Crippen LogP contribution in [-0.4, -0.2) is 61.8 Å². The van der Waals surface area contributed by atoms with E-state index in [1.165, 1.54) is 5.56 Å². The molecule has 2 saturated heterocycles. The van der Waals surface area contributed by atoms with Crippen molar-refractivity contribution in [2.75, 3.05) is 49.1 Å². The van der Waals surface area contributed by atoms with Crippen molar-refractivity contribution in [3.8, 4) is 6.07 Å². The van der Waals surface area contributed by atoms with Crippen LogP contribution in [0.2, 0.25) is 10.0 Å². The molecule has 9 nitrogen and oxygen atoms in total. The van der Waals surface area contributed by atoms with Crippen molar-refractivity contribution in [3.05, 3.63) is 129 Å². The van der Waals surface area contributed by atoms with E-state index in [0.29, 0.717) is 40.8 Å². The molecule has 0 aromatic heterocycles. The van der Waals surface area contributed by atoms with E-state index in [1.54, 1.807) is 23.1 Å². The molecule has 4 aromatic carbocycles. The largest absolute Gasteiger partial charge is 0.444 e. The van der Waals surface area contributed by atoms with Gasteiger partial charge in [0.15, 0.2) is 0 Å². The Balaban J connectivity index is 0.000000204. The molecule has 6 rings (SSSR count). The number of halogens is 2. The number of ether oxygens (including phenoxy) is 1. The van der Waals surface area contributed by atoms with E-state index in [9.17, 15) is 9.59 Å². The fraction of sp³-hybridized carbons (Fsp3) is 0.308. The number of nitrogens with zero attached hydrogens (tertiary/aromatic N) is 4. The molecule has 0 bridgehead atoms. The summed E-state index contributed by atoms with van der Waals surface area (Å²) in [6.45, 7) is 9.83. The molecular formula is C39H42Cl2N6O3. The Kier molecular flexibility index (Phi) is 11.9. The Morgan fingerprint density at radius 1 is 0.820 bits per heavy atom. The number of rotatable bonds is 5. The highest BCUT2D eigenvalue weighted by Crippen LogP contribution is 2.37. The van der Waals surface area contributed by atoms with E-state index in [4.69, 9.17) is 38.9 Å². The number of carbonyl (C=O) groups excluding carboxylic acids is 2. The van der Waals surface area contributed by atoms with Gasteiger partial charge in [-0.25, -0.2) is 4.79 Å². The number of nitriles is 1. The lowest BCUT2D eigenvalue weighted by Crippen LogP contribution is -2.51. The summed E-state index contributed by atoms with van der Waals surface area (Å²) >= 11 is 12.9. The van der Waals surface area contributed by atoms with E-state index >= 15 is 0 Å². The zero-order valence-electron chi connectivity index (χ0n) is 28.5. The number of hydrogen-bond acceptors (Lipinski definition) is 7. The van der Waals surface area contributed by atoms with Gasteiger partial charge in [0.05, 0.1) is 45.1 Å². The number of nitrogens with one attached hydrogen (secondary N) is 1. The summed E-state index contributed by atoms with van der Waals surface area (Å²) in [6.07, 6.45) is -0.326. The summed E-state index contributed by atoms with van der Waals surface area (Å²) in [7, 11) is 0. The Morgan fingerprint density at radius 2 is 1.40 bits per heavy atom. The van der Waals surface area contributed by atoms with Gasteiger partial charge in [0.25, 0.3) is 0 Å². The van der Waals surface area contributed by atoms with Crippen LogP contribution in [0.25, 0.3) is 0 Å². The smallest absolute Gasteiger partial charge is 0.410 e. The predicted molar refractivity (Wildman–Crippen MR) is 200 cm³/mol. The van der Waals surface area contributed by atoms with Crippen molar-refractivity contribution in [1.29, 1.82) is 5.26 Å². The fourth-order valence-corrected chi connectivity index (χ4v) is 6.77. The van der Waals surface area contributed by atoms with Gasteiger partial charge in [0, 0.05) is 44.8 Å². The highest BCUT2D eigenvalue weighted by Gasteiger charge is 2.34. The van der Waals surface area contributed by atoms with Crippen LogP contribution < -0.4 is 20.9 Å². The molecule has 3 N–H and O–H groups in total. The van der Waals surface area contributed by atoms with Crippen molar-refractivity contribution in [2.45, 2.75) is 38.5 Å². The monoisotopic (exact) mass is 712 g/mol. The standard InChI is InChI=1S/C22H26ClN3O3.C17H16ClN3/c1-22(2,3)29-21(28)25-11-12-26(19(14-25)15-7-5-4-6-8-15)18-10-9-16(20(24)27)13-17(18)23;18-15-10-13(11-19)6-7-16(15)21-9-8-20-12-17(21)14-4-2-1-3-5-14/h4-10,13,19H,11-12,14H2,1-3H3,(H2,24,27);1-7,10,17,20H,8-9,12H2/t19-;17-/m00/s1. The first-order valence-corrected chi connectivity index (χ1v) is 17.3. The summed E-state index contributed by atoms with van der Waals surface area (Å²) in [5.74, 6) is -0.521. The number of primary amides is 1. The molecule has 50 heavy (non-hydrogen) atoms. The number of benzene rings is 4. The minimum absolute atomic E-state index is 0.102. The van der Waals surface area contributed by atoms with Gasteiger partial charge in [-0.15, -0.1) is 0 Å². The molecule has 2 amide bonds. The third kappa shape index (κ3) is 9.07. The topological polar surface area (TPSA) is 115 Å². The van der Waals surface area contributed by atoms with E-state index in [0.717, 1.165) is 36.6 Å². The van der Waals surface area contributed by atoms with Crippen LogP contribution in [0.4, 0.5) is 16.2 Å². The average Bonchev–Trinajstić information content (AvgIpc) is 3.11. The number of carbonyl (C=O) groups is 2. The first-order chi connectivity index (χ1) is 23.9. The third-order valence-electron chi connectivity index (χ3n) is 8.57. The first kappa shape index (κ1) is 36.5. The van der Waals surface area contributed by atoms with Crippen LogP contribution in [0, 0.1) is 11.3 Å². The maximum absolute atomic E-state index is 12.6. The van der Waals surface area contributed by atoms with Crippen molar-refractivity contribution in [3.63, 3.8) is 0 Å². The molecule has 2 atom stereocenters. The predicted octanol–water partition coefficient (Wildman–Crippen LogP) is 7.60. The summed E-state index contributed by atoms with van der Waals surface area (Å²) in [5, 5.41) is 13.5. The number of anilines is 2. The Labute approximate surface area is 304 Å². The summed E-state index contributed by atoms with van der Waals surface area (Å²) < 4.78 is 5.56. The lowest BCUT2D eigenvalue weighted by atomic mass is 10.0. The number of amides is 2. The molecule has 0 aliphatic carbocycles. The van der Waals surface area contributed by atoms with Crippen LogP contribution in [0.5, 0.6) is 0 Å². The zero-order valence-corrected chi connectivity index (χ0v) is 30.0. The van der Waals surface area contributed by atoms with Gasteiger partial charge >= 0.3 is 6.09 Å². The van der Waals surface area contributed by atoms with E-state index in [1.807, 2.05) is 75.4 Å². The van der Waals surface area contributed by atoms with Crippen molar-refractivity contribution in [1.82, 2.24) is 10.2 Å². The fourth-order valence-electron chi connectivity index (χ4n) is 6.19. The quantitative estimate of drug-likeness (QED) is 0.219. The highest BCUT2D eigenvalue weighted by atomic mass is 35.5. The summed E-state index contributed by atoms with van der Waals surface area (Å²) in [6, 6.07) is 33.2. The first-order valence-electron chi connectivity index (χ1n) is 16.6. The minimum Gasteiger partial charge on any atom is -0.444 e. The van der Waals surface area contributed by atoms with Crippen LogP contribution in [0.15, 0.2) is 97.1 Å². The van der Waals surface area contributed by atoms with Gasteiger partial charge < -0.3 is 30.5 Å². The van der Waals surface area contributed by atoms with Crippen LogP contribution >= 0.6 is 23.2 Å². The molecule has 2 heterocycles. The molecule has 0 radical (unpaired) electrons. The molecule has 2 aliphatic rings. The minimum atomic E-state index is -0.551. The molecule has 2 fully saturated rings. The lowest BCUT2D eigenvalue weighted by Gasteiger charge is -2.43. The summed E-state index contributed by atoms with van der Waals surface area (Å²) in [4.78, 5) is 30.3. The third-order valence-corrected chi connectivity index (χ3v) is 9.18. The van der Waals surface area contributed by atoms with Gasteiger partial charge in [-0.1, -0.05) is 83.9 Å². The molecule has 260 valence electrons. The van der Waals surface area contributed by atoms with Gasteiger partial charge in [0.2, 0.25) is 5.91 Å². The average molecular weight is 714 g/mol. The van der Waals surface area contributed by atoms with Crippen LogP contribution in [0.3, 0.4) is 0 Å². The molecule has 11 heteroatoms. The normalized spacial score (nSPS) is 17.6. The lowest BCUT2D eigenvalue weighted by molar-refractivity contribution is 0.0214. The molecule has 0 saturated carbocycles. The Morgan fingerprint density at radius 3 is 1.96 bits per heavy atom. The second-order valence-electron chi connectivity index (χ2n) is 13.2. The zero-order chi connectivity index (χ0) is 35.8. The Bertz CT molecular complexity index is 1830. The van der Waals surface area contributed by atoms with E-state index < -0.39 is 11.5 Å². The second kappa shape index (κ2) is 16.3. The number of nitrogens with two attached hydrogens (primary N) is 1. The molecular weight excluding hydrogens is 671 g/mol. The molecule has 2 aliphatic heterocycles. The molecule has 4 aromatic rings. The van der Waals surface area contributed by atoms with Gasteiger partial charge in [-0.2, -0.15) is 5.26 Å². The highest BCUT2D eigenvalue weighted by molar-refractivity contribution is 6.34. The molecule has 0 unspecified atom stereocenters. The Hall–Kier alpha value is -4.75. The van der Waals surface area contributed by atoms with Crippen LogP contribution in [0.1, 0.15) is 59.9 Å². The van der Waals surface area contributed by atoms with Gasteiger partial charge in [-0.05, 0) is 68.3 Å². The molecule has 0 spiro atoms. The maximum atomic E-state index is 12.6. The maximum Gasteiger partial charge on any atom is 0.410 e. The number of piperazine rings is 2. The van der Waals surface area contributed by atoms with Gasteiger partial charge in [-0.3, -0.25) is 4.79 Å². The SMILES string of the molecule is CC(C)(C)OC(=O)N1CCN(c2ccc(C(N)=O)cc2Cl)[C@H](c2ccccc2)C1.N#Cc1ccc(N2CCNC[C@H]2c2ccccc2)c(Cl)c1. The van der Waals surface area contributed by atoms with Crippen LogP contribution in [-0.2, 0) is 4.74 Å². The number of hydrogen-bond donors (Lipinski definition) is 2. The van der Waals surface area contributed by atoms with Crippen molar-refractivity contribution in [2.24, 2.45) is 5.73 Å². The summed E-state index contributed by atoms with van der Waals surface area (Å²) in [5.41, 5.74) is 9.89. The van der Waals surface area contributed by atoms with E-state index in [2.05, 4.69) is 45.5 Å².